The van der Waals surface area contributed by atoms with Crippen molar-refractivity contribution in [1.82, 2.24) is 0 Å². The Bertz CT molecular complexity index is 3950. The van der Waals surface area contributed by atoms with Gasteiger partial charge in [-0.25, -0.2) is 0 Å². The molecule has 2 nitrogen and oxygen atoms in total. The van der Waals surface area contributed by atoms with Crippen LogP contribution < -0.4 is 4.74 Å². The van der Waals surface area contributed by atoms with Crippen molar-refractivity contribution in [3.63, 3.8) is 0 Å². The molecule has 2 aliphatic rings. The number of benzene rings is 11. The predicted molar refractivity (Wildman–Crippen MR) is 275 cm³/mol. The average molecular weight is 841 g/mol. The van der Waals surface area contributed by atoms with Crippen LogP contribution in [-0.2, 0) is 0 Å². The first-order valence-corrected chi connectivity index (χ1v) is 22.9. The van der Waals surface area contributed by atoms with E-state index in [1.807, 2.05) is 12.1 Å². The first kappa shape index (κ1) is 37.0. The predicted octanol–water partition coefficient (Wildman–Crippen LogP) is 17.6. The van der Waals surface area contributed by atoms with Crippen molar-refractivity contribution in [3.8, 4) is 61.4 Å². The molecule has 0 saturated carbocycles. The zero-order valence-electron chi connectivity index (χ0n) is 35.9. The molecule has 0 spiro atoms. The number of furan rings is 1. The Morgan fingerprint density at radius 1 is 0.348 bits per heavy atom. The lowest BCUT2D eigenvalue weighted by Crippen LogP contribution is -2.11. The molecule has 0 radical (unpaired) electrons. The number of hydrogen-bond acceptors (Lipinski definition) is 2. The van der Waals surface area contributed by atoms with Gasteiger partial charge in [0.2, 0.25) is 0 Å². The quantitative estimate of drug-likeness (QED) is 0.161. The Labute approximate surface area is 382 Å². The first-order valence-electron chi connectivity index (χ1n) is 22.9. The number of fused-ring (bicyclic) bond motifs is 11. The van der Waals surface area contributed by atoms with Gasteiger partial charge < -0.3 is 9.15 Å². The summed E-state index contributed by atoms with van der Waals surface area (Å²) in [4.78, 5) is 0. The summed E-state index contributed by atoms with van der Waals surface area (Å²) in [6, 6.07) is 79.9. The van der Waals surface area contributed by atoms with Gasteiger partial charge in [-0.2, -0.15) is 0 Å². The summed E-state index contributed by atoms with van der Waals surface area (Å²) >= 11 is 0. The van der Waals surface area contributed by atoms with Crippen LogP contribution in [0.25, 0.3) is 116 Å². The normalized spacial score (nSPS) is 15.0. The third-order valence-electron chi connectivity index (χ3n) is 14.2. The lowest BCUT2D eigenvalue weighted by Gasteiger charge is -2.20. The van der Waals surface area contributed by atoms with Gasteiger partial charge in [-0.15, -0.1) is 0 Å². The van der Waals surface area contributed by atoms with E-state index in [1.165, 1.54) is 98.7 Å². The fourth-order valence-corrected chi connectivity index (χ4v) is 11.1. The van der Waals surface area contributed by atoms with Gasteiger partial charge in [0, 0.05) is 16.5 Å². The van der Waals surface area contributed by atoms with Gasteiger partial charge in [0.1, 0.15) is 11.3 Å². The van der Waals surface area contributed by atoms with Crippen LogP contribution >= 0.6 is 0 Å². The molecule has 0 saturated heterocycles. The van der Waals surface area contributed by atoms with Gasteiger partial charge in [0.15, 0.2) is 11.9 Å². The largest absolute Gasteiger partial charge is 0.481 e. The monoisotopic (exact) mass is 840 g/mol. The van der Waals surface area contributed by atoms with Crippen LogP contribution in [0.15, 0.2) is 229 Å². The fourth-order valence-electron chi connectivity index (χ4n) is 11.1. The molecule has 1 aliphatic heterocycles. The second-order valence-electron chi connectivity index (χ2n) is 17.8. The van der Waals surface area contributed by atoms with Crippen LogP contribution in [-0.4, -0.2) is 0 Å². The van der Waals surface area contributed by atoms with Crippen molar-refractivity contribution in [3.05, 3.63) is 241 Å². The molecule has 11 aromatic carbocycles. The zero-order chi connectivity index (χ0) is 43.3. The van der Waals surface area contributed by atoms with Crippen LogP contribution in [0, 0.1) is 0 Å². The van der Waals surface area contributed by atoms with Gasteiger partial charge in [-0.3, -0.25) is 0 Å². The second kappa shape index (κ2) is 14.5. The third kappa shape index (κ3) is 5.68. The number of rotatable bonds is 5. The number of para-hydroxylation sites is 1. The summed E-state index contributed by atoms with van der Waals surface area (Å²) in [5.74, 6) is 1.89. The van der Waals surface area contributed by atoms with Crippen LogP contribution in [0.4, 0.5) is 0 Å². The van der Waals surface area contributed by atoms with Crippen molar-refractivity contribution in [1.29, 1.82) is 0 Å². The molecule has 308 valence electrons. The minimum absolute atomic E-state index is 0.0664. The van der Waals surface area contributed by atoms with Crippen LogP contribution in [0.3, 0.4) is 0 Å². The molecule has 0 amide bonds. The molecular weight excluding hydrogens is 801 g/mol. The Hall–Kier alpha value is -8.46. The molecule has 12 aromatic rings. The zero-order valence-corrected chi connectivity index (χ0v) is 35.9. The summed E-state index contributed by atoms with van der Waals surface area (Å²) in [5.41, 5.74) is 15.3. The SMILES string of the molecule is C1=CC2c3cc(-c4ccc5c(-c6ccc(-c7cccc8ccccc78)cc6)c6ccccc6c(-c6ccc(-c7cccc8ccccc78)cc6)c5c4)ccc3OC2c2oc3ccccc3c21. The number of hydrogen-bond donors (Lipinski definition) is 0. The Balaban J connectivity index is 0.936. The molecular formula is C64H40O2. The highest BCUT2D eigenvalue weighted by Crippen LogP contribution is 2.53. The summed E-state index contributed by atoms with van der Waals surface area (Å²) in [7, 11) is 0. The van der Waals surface area contributed by atoms with Crippen molar-refractivity contribution in [2.75, 3.05) is 0 Å². The van der Waals surface area contributed by atoms with Crippen molar-refractivity contribution < 1.29 is 9.15 Å². The number of ether oxygens (including phenoxy) is 1. The third-order valence-corrected chi connectivity index (χ3v) is 14.2. The van der Waals surface area contributed by atoms with E-state index in [2.05, 4.69) is 218 Å². The first-order chi connectivity index (χ1) is 32.7. The average Bonchev–Trinajstić information content (AvgIpc) is 3.96. The maximum absolute atomic E-state index is 6.70. The highest BCUT2D eigenvalue weighted by molar-refractivity contribution is 6.22. The molecule has 0 N–H and O–H groups in total. The van der Waals surface area contributed by atoms with E-state index in [1.54, 1.807) is 0 Å². The Morgan fingerprint density at radius 2 is 0.833 bits per heavy atom. The van der Waals surface area contributed by atoms with Gasteiger partial charge >= 0.3 is 0 Å². The molecule has 0 bridgehead atoms. The molecule has 66 heavy (non-hydrogen) atoms. The molecule has 2 atom stereocenters. The maximum atomic E-state index is 6.70. The topological polar surface area (TPSA) is 22.4 Å². The smallest absolute Gasteiger partial charge is 0.167 e. The summed E-state index contributed by atoms with van der Waals surface area (Å²) in [6.45, 7) is 0. The van der Waals surface area contributed by atoms with Crippen LogP contribution in [0.1, 0.15) is 28.9 Å². The van der Waals surface area contributed by atoms with E-state index in [0.717, 1.165) is 33.6 Å². The summed E-state index contributed by atoms with van der Waals surface area (Å²) in [5, 5.41) is 11.1. The maximum Gasteiger partial charge on any atom is 0.167 e. The Morgan fingerprint density at radius 3 is 1.48 bits per heavy atom. The highest BCUT2D eigenvalue weighted by atomic mass is 16.5. The molecule has 2 heterocycles. The summed E-state index contributed by atoms with van der Waals surface area (Å²) < 4.78 is 13.2. The van der Waals surface area contributed by atoms with E-state index in [4.69, 9.17) is 9.15 Å². The molecule has 1 aliphatic carbocycles. The van der Waals surface area contributed by atoms with Crippen molar-refractivity contribution in [2.45, 2.75) is 12.0 Å². The fraction of sp³-hybridized carbons (Fsp3) is 0.0312. The Kier molecular flexibility index (Phi) is 8.14. The molecule has 2 heteroatoms. The molecule has 0 fully saturated rings. The lowest BCUT2D eigenvalue weighted by atomic mass is 9.83. The van der Waals surface area contributed by atoms with E-state index in [9.17, 15) is 0 Å². The second-order valence-corrected chi connectivity index (χ2v) is 17.8. The van der Waals surface area contributed by atoms with E-state index in [0.29, 0.717) is 0 Å². The molecule has 2 unspecified atom stereocenters. The minimum Gasteiger partial charge on any atom is -0.481 e. The van der Waals surface area contributed by atoms with Gasteiger partial charge in [-0.1, -0.05) is 206 Å². The van der Waals surface area contributed by atoms with Gasteiger partial charge in [0.05, 0.1) is 5.92 Å². The van der Waals surface area contributed by atoms with Crippen molar-refractivity contribution in [2.24, 2.45) is 0 Å². The van der Waals surface area contributed by atoms with Crippen molar-refractivity contribution >= 4 is 60.1 Å². The lowest BCUT2D eigenvalue weighted by molar-refractivity contribution is 0.193. The van der Waals surface area contributed by atoms with Gasteiger partial charge in [0.25, 0.3) is 0 Å². The molecule has 14 rings (SSSR count). The van der Waals surface area contributed by atoms with Gasteiger partial charge in [-0.05, 0) is 123 Å². The van der Waals surface area contributed by atoms with Crippen LogP contribution in [0.5, 0.6) is 5.75 Å². The van der Waals surface area contributed by atoms with E-state index in [-0.39, 0.29) is 12.0 Å². The van der Waals surface area contributed by atoms with Crippen LogP contribution in [0.2, 0.25) is 0 Å². The van der Waals surface area contributed by atoms with E-state index < -0.39 is 0 Å². The minimum atomic E-state index is -0.191. The summed E-state index contributed by atoms with van der Waals surface area (Å²) in [6.07, 6.45) is 4.33. The van der Waals surface area contributed by atoms with E-state index >= 15 is 0 Å². The standard InChI is InChI=1S/C64H40O2/c1-3-15-47-39(11-1)13-9-20-49(47)41-23-27-43(28-24-41)61-52-18-5-6-19-53(52)62(44-29-25-42(26-30-44)50-21-10-14-40-12-2-4-16-48(40)50)58-38-45(31-33-54(58)61)46-32-36-60-57(37-46)56-35-34-55-51-17-7-8-22-59(51)65-63(55)64(56)66-60/h1-38,56,64H. The highest BCUT2D eigenvalue weighted by Gasteiger charge is 2.40. The molecule has 1 aromatic heterocycles.